The molecule has 1 atom stereocenters. The Balaban J connectivity index is 1.71. The van der Waals surface area contributed by atoms with Gasteiger partial charge in [0.2, 0.25) is 0 Å². The third-order valence-electron chi connectivity index (χ3n) is 5.71. The van der Waals surface area contributed by atoms with Gasteiger partial charge in [0.25, 0.3) is 0 Å². The van der Waals surface area contributed by atoms with E-state index < -0.39 is 15.4 Å². The quantitative estimate of drug-likeness (QED) is 0.475. The number of carbonyl (C=O) groups excluding carboxylic acids is 2. The first-order valence-corrected chi connectivity index (χ1v) is 13.6. The van der Waals surface area contributed by atoms with Gasteiger partial charge < -0.3 is 15.0 Å². The molecule has 1 saturated heterocycles. The van der Waals surface area contributed by atoms with Crippen LogP contribution in [0.15, 0.2) is 24.3 Å². The highest BCUT2D eigenvalue weighted by Gasteiger charge is 2.26. The fraction of sp³-hybridized carbons (Fsp3) is 0.680. The topological polar surface area (TPSA) is 92.8 Å². The smallest absolute Gasteiger partial charge is 0.407 e. The molecule has 0 radical (unpaired) electrons. The average Bonchev–Trinajstić information content (AvgIpc) is 3.14. The van der Waals surface area contributed by atoms with E-state index in [-0.39, 0.29) is 28.9 Å². The second-order valence-corrected chi connectivity index (χ2v) is 12.9. The summed E-state index contributed by atoms with van der Waals surface area (Å²) in [5.74, 6) is 0.377. The average molecular weight is 481 g/mol. The number of nitrogens with zero attached hydrogens (tertiary/aromatic N) is 1. The van der Waals surface area contributed by atoms with Gasteiger partial charge in [-0.05, 0) is 71.6 Å². The molecule has 2 rings (SSSR count). The van der Waals surface area contributed by atoms with E-state index in [0.717, 1.165) is 43.6 Å². The summed E-state index contributed by atoms with van der Waals surface area (Å²) < 4.78 is 29.0. The van der Waals surface area contributed by atoms with Crippen molar-refractivity contribution in [3.63, 3.8) is 0 Å². The predicted octanol–water partition coefficient (Wildman–Crippen LogP) is 4.29. The molecule has 8 heteroatoms. The SMILES string of the molecule is CC(C)S(=O)(=O)CCCCCC(=O)Cc1ccc(N2CCC(NC(=O)OC(C)(C)C)C2)cc1. The summed E-state index contributed by atoms with van der Waals surface area (Å²) in [6.07, 6.45) is 3.44. The lowest BCUT2D eigenvalue weighted by Gasteiger charge is -2.22. The van der Waals surface area contributed by atoms with Crippen LogP contribution in [0.2, 0.25) is 0 Å². The number of carbonyl (C=O) groups is 2. The van der Waals surface area contributed by atoms with E-state index in [2.05, 4.69) is 10.2 Å². The van der Waals surface area contributed by atoms with Crippen LogP contribution in [0.3, 0.4) is 0 Å². The van der Waals surface area contributed by atoms with Gasteiger partial charge in [0, 0.05) is 31.6 Å². The largest absolute Gasteiger partial charge is 0.444 e. The van der Waals surface area contributed by atoms with Gasteiger partial charge in [-0.15, -0.1) is 0 Å². The van der Waals surface area contributed by atoms with Crippen LogP contribution < -0.4 is 10.2 Å². The van der Waals surface area contributed by atoms with E-state index in [1.807, 2.05) is 45.0 Å². The summed E-state index contributed by atoms with van der Waals surface area (Å²) in [6.45, 7) is 10.5. The number of ketones is 1. The molecule has 186 valence electrons. The Hall–Kier alpha value is -2.09. The zero-order valence-electron chi connectivity index (χ0n) is 20.7. The third-order valence-corrected chi connectivity index (χ3v) is 8.01. The Bertz CT molecular complexity index is 888. The zero-order valence-corrected chi connectivity index (χ0v) is 21.5. The molecule has 1 fully saturated rings. The molecule has 0 bridgehead atoms. The summed E-state index contributed by atoms with van der Waals surface area (Å²) in [7, 11) is -2.99. The van der Waals surface area contributed by atoms with Gasteiger partial charge >= 0.3 is 6.09 Å². The van der Waals surface area contributed by atoms with Crippen molar-refractivity contribution in [2.75, 3.05) is 23.7 Å². The standard InChI is InChI=1S/C25H40N2O5S/c1-19(2)33(30,31)16-8-6-7-9-23(28)17-20-10-12-22(13-11-20)27-15-14-21(18-27)26-24(29)32-25(3,4)5/h10-13,19,21H,6-9,14-18H2,1-5H3,(H,26,29). The molecular formula is C25H40N2O5S. The van der Waals surface area contributed by atoms with Gasteiger partial charge in [0.1, 0.15) is 11.4 Å². The maximum Gasteiger partial charge on any atom is 0.407 e. The number of Topliss-reactive ketones (excluding diaryl/α,β-unsaturated/α-hetero) is 1. The Kier molecular flexibility index (Phi) is 9.76. The van der Waals surface area contributed by atoms with Crippen molar-refractivity contribution >= 4 is 27.4 Å². The van der Waals surface area contributed by atoms with Crippen molar-refractivity contribution in [3.05, 3.63) is 29.8 Å². The lowest BCUT2D eigenvalue weighted by molar-refractivity contribution is -0.118. The maximum absolute atomic E-state index is 12.3. The molecule has 33 heavy (non-hydrogen) atoms. The van der Waals surface area contributed by atoms with E-state index in [1.54, 1.807) is 13.8 Å². The highest BCUT2D eigenvalue weighted by molar-refractivity contribution is 7.91. The number of nitrogens with one attached hydrogen (secondary N) is 1. The van der Waals surface area contributed by atoms with Gasteiger partial charge in [-0.1, -0.05) is 18.6 Å². The van der Waals surface area contributed by atoms with Gasteiger partial charge in [-0.3, -0.25) is 4.79 Å². The van der Waals surface area contributed by atoms with E-state index in [1.165, 1.54) is 0 Å². The number of sulfone groups is 1. The first kappa shape index (κ1) is 27.2. The number of unbranched alkanes of at least 4 members (excludes halogenated alkanes) is 2. The Morgan fingerprint density at radius 3 is 2.39 bits per heavy atom. The van der Waals surface area contributed by atoms with Crippen LogP contribution in [-0.4, -0.2) is 56.0 Å². The molecule has 0 aliphatic carbocycles. The second kappa shape index (κ2) is 11.9. The first-order valence-electron chi connectivity index (χ1n) is 11.9. The minimum absolute atomic E-state index is 0.0524. The molecule has 1 N–H and O–H groups in total. The number of hydrogen-bond acceptors (Lipinski definition) is 6. The molecule has 1 aromatic rings. The van der Waals surface area contributed by atoms with Crippen molar-refractivity contribution in [1.82, 2.24) is 5.32 Å². The summed E-state index contributed by atoms with van der Waals surface area (Å²) in [5, 5.41) is 2.60. The minimum Gasteiger partial charge on any atom is -0.444 e. The normalized spacial score (nSPS) is 16.8. The summed E-state index contributed by atoms with van der Waals surface area (Å²) in [5.41, 5.74) is 1.55. The van der Waals surface area contributed by atoms with Crippen molar-refractivity contribution in [3.8, 4) is 0 Å². The van der Waals surface area contributed by atoms with Crippen LogP contribution >= 0.6 is 0 Å². The number of benzene rings is 1. The number of amides is 1. The van der Waals surface area contributed by atoms with E-state index >= 15 is 0 Å². The fourth-order valence-corrected chi connectivity index (χ4v) is 4.84. The van der Waals surface area contributed by atoms with Crippen LogP contribution in [0.25, 0.3) is 0 Å². The molecule has 7 nitrogen and oxygen atoms in total. The summed E-state index contributed by atoms with van der Waals surface area (Å²) >= 11 is 0. The lowest BCUT2D eigenvalue weighted by Crippen LogP contribution is -2.40. The van der Waals surface area contributed by atoms with Crippen LogP contribution in [0.4, 0.5) is 10.5 Å². The molecule has 1 amide bonds. The second-order valence-electron chi connectivity index (χ2n) is 10.2. The highest BCUT2D eigenvalue weighted by Crippen LogP contribution is 2.22. The molecule has 1 aliphatic heterocycles. The van der Waals surface area contributed by atoms with Crippen LogP contribution in [0.1, 0.15) is 72.3 Å². The van der Waals surface area contributed by atoms with Crippen LogP contribution in [0.5, 0.6) is 0 Å². The molecule has 0 spiro atoms. The van der Waals surface area contributed by atoms with Gasteiger partial charge in [0.15, 0.2) is 9.84 Å². The van der Waals surface area contributed by atoms with Crippen LogP contribution in [0, 0.1) is 0 Å². The Morgan fingerprint density at radius 2 is 1.79 bits per heavy atom. The van der Waals surface area contributed by atoms with Crippen molar-refractivity contribution in [1.29, 1.82) is 0 Å². The zero-order chi connectivity index (χ0) is 24.6. The van der Waals surface area contributed by atoms with E-state index in [0.29, 0.717) is 19.3 Å². The van der Waals surface area contributed by atoms with E-state index in [4.69, 9.17) is 4.74 Å². The number of anilines is 1. The molecule has 1 aliphatic rings. The minimum atomic E-state index is -2.99. The number of hydrogen-bond donors (Lipinski definition) is 1. The molecule has 1 aromatic carbocycles. The highest BCUT2D eigenvalue weighted by atomic mass is 32.2. The molecule has 1 heterocycles. The maximum atomic E-state index is 12.3. The molecule has 0 saturated carbocycles. The van der Waals surface area contributed by atoms with Gasteiger partial charge in [-0.2, -0.15) is 0 Å². The van der Waals surface area contributed by atoms with Crippen molar-refractivity contribution in [2.45, 2.75) is 90.0 Å². The molecule has 0 aromatic heterocycles. The first-order chi connectivity index (χ1) is 15.4. The van der Waals surface area contributed by atoms with Gasteiger partial charge in [0.05, 0.1) is 17.0 Å². The number of ether oxygens (including phenoxy) is 1. The number of alkyl carbamates (subject to hydrolysis) is 1. The van der Waals surface area contributed by atoms with Crippen LogP contribution in [-0.2, 0) is 25.8 Å². The molecular weight excluding hydrogens is 440 g/mol. The Labute approximate surface area is 199 Å². The summed E-state index contributed by atoms with van der Waals surface area (Å²) in [6, 6.07) is 8.06. The lowest BCUT2D eigenvalue weighted by atomic mass is 10.0. The monoisotopic (exact) mass is 480 g/mol. The summed E-state index contributed by atoms with van der Waals surface area (Å²) in [4.78, 5) is 26.5. The number of rotatable bonds is 11. The molecule has 1 unspecified atom stereocenters. The van der Waals surface area contributed by atoms with Gasteiger partial charge in [-0.25, -0.2) is 13.2 Å². The van der Waals surface area contributed by atoms with Crippen molar-refractivity contribution in [2.24, 2.45) is 0 Å². The van der Waals surface area contributed by atoms with Crippen molar-refractivity contribution < 1.29 is 22.7 Å². The van der Waals surface area contributed by atoms with E-state index in [9.17, 15) is 18.0 Å². The predicted molar refractivity (Wildman–Crippen MR) is 133 cm³/mol. The third kappa shape index (κ3) is 9.74. The fourth-order valence-electron chi connectivity index (χ4n) is 3.77. The Morgan fingerprint density at radius 1 is 1.12 bits per heavy atom.